The molecular weight excluding hydrogens is 816 g/mol. The zero-order valence-corrected chi connectivity index (χ0v) is 34.2. The predicted molar refractivity (Wildman–Crippen MR) is 218 cm³/mol. The van der Waals surface area contributed by atoms with Crippen molar-refractivity contribution in [1.82, 2.24) is 31.6 Å². The van der Waals surface area contributed by atoms with Crippen molar-refractivity contribution >= 4 is 47.1 Å². The molecule has 0 spiro atoms. The summed E-state index contributed by atoms with van der Waals surface area (Å²) in [6.45, 7) is 3.11. The lowest BCUT2D eigenvalue weighted by atomic mass is 9.84. The van der Waals surface area contributed by atoms with Crippen molar-refractivity contribution < 1.29 is 56.4 Å². The van der Waals surface area contributed by atoms with Gasteiger partial charge >= 0.3 is 12.1 Å². The molecule has 1 fully saturated rings. The van der Waals surface area contributed by atoms with E-state index in [0.29, 0.717) is 35.1 Å². The third kappa shape index (κ3) is 13.8. The van der Waals surface area contributed by atoms with E-state index < -0.39 is 66.4 Å². The van der Waals surface area contributed by atoms with Gasteiger partial charge in [-0.2, -0.15) is 18.7 Å². The number of fused-ring (bicyclic) bond motifs is 2. The van der Waals surface area contributed by atoms with Gasteiger partial charge in [0.1, 0.15) is 18.1 Å². The number of nitrogens with two attached hydrogens (primary N) is 1. The normalized spacial score (nSPS) is 15.2. The maximum absolute atomic E-state index is 13.2. The van der Waals surface area contributed by atoms with E-state index in [9.17, 15) is 51.5 Å². The second-order valence-electron chi connectivity index (χ2n) is 14.8. The number of amides is 5. The van der Waals surface area contributed by atoms with E-state index in [-0.39, 0.29) is 62.9 Å². The number of hydroxylamine groups is 1. The van der Waals surface area contributed by atoms with Crippen LogP contribution in [0.15, 0.2) is 78.9 Å². The first-order chi connectivity index (χ1) is 29.5. The molecule has 332 valence electrons. The average Bonchev–Trinajstić information content (AvgIpc) is 3.76. The minimum Gasteiger partial charge on any atom is -0.364 e. The van der Waals surface area contributed by atoms with E-state index in [1.165, 1.54) is 4.90 Å². The Morgan fingerprint density at radius 3 is 1.87 bits per heavy atom. The van der Waals surface area contributed by atoms with Gasteiger partial charge < -0.3 is 36.7 Å². The summed E-state index contributed by atoms with van der Waals surface area (Å²) < 4.78 is 36.4. The first kappa shape index (κ1) is 48.2. The fourth-order valence-corrected chi connectivity index (χ4v) is 6.73. The van der Waals surface area contributed by atoms with E-state index in [2.05, 4.69) is 26.1 Å². The Kier molecular flexibility index (Phi) is 17.8. The number of nitrogens with zero attached hydrogens (tertiary/aromatic N) is 1. The lowest BCUT2D eigenvalue weighted by Gasteiger charge is -2.26. The van der Waals surface area contributed by atoms with Crippen LogP contribution in [0.4, 0.5) is 13.2 Å². The molecule has 1 aliphatic heterocycles. The van der Waals surface area contributed by atoms with Crippen LogP contribution in [0.1, 0.15) is 76.9 Å². The van der Waals surface area contributed by atoms with E-state index >= 15 is 0 Å². The van der Waals surface area contributed by atoms with Crippen LogP contribution < -0.4 is 32.5 Å². The highest BCUT2D eigenvalue weighted by Crippen LogP contribution is 2.26. The number of alkyl halides is 3. The summed E-state index contributed by atoms with van der Waals surface area (Å²) in [5.74, 6) is -5.27. The molecule has 1 heterocycles. The molecule has 5 rings (SSSR count). The molecule has 0 unspecified atom stereocenters. The van der Waals surface area contributed by atoms with E-state index in [1.54, 1.807) is 72.8 Å². The van der Waals surface area contributed by atoms with Crippen molar-refractivity contribution in [3.05, 3.63) is 107 Å². The van der Waals surface area contributed by atoms with E-state index in [1.807, 2.05) is 25.4 Å². The van der Waals surface area contributed by atoms with Crippen LogP contribution in [0.25, 0.3) is 0 Å². The van der Waals surface area contributed by atoms with Gasteiger partial charge in [0.2, 0.25) is 29.5 Å². The minimum atomic E-state index is -5.13. The third-order valence-electron chi connectivity index (χ3n) is 9.73. The largest absolute Gasteiger partial charge is 0.492 e. The first-order valence-corrected chi connectivity index (χ1v) is 20.0. The lowest BCUT2D eigenvalue weighted by molar-refractivity contribution is -0.206. The summed E-state index contributed by atoms with van der Waals surface area (Å²) in [7, 11) is 0. The summed E-state index contributed by atoms with van der Waals surface area (Å²) in [5, 5.41) is 10.4. The van der Waals surface area contributed by atoms with Crippen LogP contribution in [0, 0.1) is 5.92 Å². The lowest BCUT2D eigenvalue weighted by Crippen LogP contribution is -2.56. The van der Waals surface area contributed by atoms with Crippen LogP contribution in [-0.2, 0) is 40.0 Å². The molecule has 3 aromatic rings. The van der Waals surface area contributed by atoms with Gasteiger partial charge in [-0.05, 0) is 37.2 Å². The second-order valence-corrected chi connectivity index (χ2v) is 14.8. The maximum Gasteiger partial charge on any atom is 0.492 e. The molecule has 7 N–H and O–H groups in total. The number of benzene rings is 3. The molecule has 3 aromatic carbocycles. The van der Waals surface area contributed by atoms with Crippen molar-refractivity contribution in [1.29, 1.82) is 0 Å². The number of nitrogens with one attached hydrogen (secondary N) is 5. The Balaban J connectivity index is 0.000000433. The number of rotatable bonds is 17. The molecule has 0 aromatic heterocycles. The van der Waals surface area contributed by atoms with Crippen molar-refractivity contribution in [3.8, 4) is 0 Å². The van der Waals surface area contributed by atoms with Crippen molar-refractivity contribution in [2.75, 3.05) is 32.7 Å². The summed E-state index contributed by atoms with van der Waals surface area (Å²) in [6, 6.07) is 20.1. The summed E-state index contributed by atoms with van der Waals surface area (Å²) >= 11 is 0. The number of ketones is 2. The molecule has 3 atom stereocenters. The van der Waals surface area contributed by atoms with Crippen LogP contribution in [0.2, 0.25) is 0 Å². The number of carbonyl (C=O) groups excluding carboxylic acids is 8. The van der Waals surface area contributed by atoms with Gasteiger partial charge in [-0.3, -0.25) is 33.6 Å². The third-order valence-corrected chi connectivity index (χ3v) is 9.73. The number of carbonyl (C=O) groups is 8. The quantitative estimate of drug-likeness (QED) is 0.0663. The van der Waals surface area contributed by atoms with Crippen molar-refractivity contribution in [3.63, 3.8) is 0 Å². The minimum absolute atomic E-state index is 0.0171. The first-order valence-electron chi connectivity index (χ1n) is 20.0. The zero-order valence-electron chi connectivity index (χ0n) is 34.2. The smallest absolute Gasteiger partial charge is 0.364 e. The highest BCUT2D eigenvalue weighted by Gasteiger charge is 2.41. The Hall–Kier alpha value is -6.47. The molecule has 5 amide bonds. The van der Waals surface area contributed by atoms with Crippen LogP contribution in [0.3, 0.4) is 0 Å². The molecule has 16 nitrogen and oxygen atoms in total. The SMILES string of the molecule is CC(C)C[C@H](NC(=O)[C@H](Cc1ccccc1)NC(=O)CN)C(=O)NCC(=O)N1CCC[C@@H]1C(=O)NCCCNOC(=O)C(F)(F)F.O=C1c2ccccc2C(=O)c2ccccc21. The highest BCUT2D eigenvalue weighted by atomic mass is 19.4. The number of hydrogen-bond donors (Lipinski definition) is 6. The highest BCUT2D eigenvalue weighted by molar-refractivity contribution is 6.28. The topological polar surface area (TPSA) is 235 Å². The number of hydrogen-bond acceptors (Lipinski definition) is 11. The van der Waals surface area contributed by atoms with Gasteiger partial charge in [0.25, 0.3) is 0 Å². The number of likely N-dealkylation sites (tertiary alicyclic amines) is 1. The summed E-state index contributed by atoms with van der Waals surface area (Å²) in [4.78, 5) is 104. The average molecular weight is 866 g/mol. The van der Waals surface area contributed by atoms with Crippen LogP contribution in [-0.4, -0.2) is 109 Å². The molecule has 0 radical (unpaired) electrons. The second kappa shape index (κ2) is 22.9. The summed E-state index contributed by atoms with van der Waals surface area (Å²) in [6.07, 6.45) is -3.68. The van der Waals surface area contributed by atoms with Gasteiger partial charge in [0.15, 0.2) is 11.6 Å². The summed E-state index contributed by atoms with van der Waals surface area (Å²) in [5.41, 5.74) is 10.1. The van der Waals surface area contributed by atoms with Gasteiger partial charge in [0, 0.05) is 48.3 Å². The molecule has 2 aliphatic rings. The molecular formula is C43H50F3N7O9. The number of halogens is 3. The zero-order chi connectivity index (χ0) is 45.4. The van der Waals surface area contributed by atoms with Crippen LogP contribution in [0.5, 0.6) is 0 Å². The predicted octanol–water partition coefficient (Wildman–Crippen LogP) is 1.89. The standard InChI is InChI=1S/C29H42F3N7O7.C14H8O2/c1-18(2)14-20(38-26(43)21(37-23(40)16-33)15-19-8-4-3-5-9-19)25(42)35-17-24(41)39-13-6-10-22(39)27(44)34-11-7-12-36-46-28(45)29(30,31)32;15-13-9-5-1-2-6-10(9)14(16)12-8-4-3-7-11(12)13/h3-5,8-9,18,20-22,36H,6-7,10-17,33H2,1-2H3,(H,34,44)(H,35,42)(H,37,40)(H,38,43);1-8H/t20-,21-,22+;/m0./s1. The maximum atomic E-state index is 13.2. The Morgan fingerprint density at radius 2 is 1.34 bits per heavy atom. The molecule has 0 saturated carbocycles. The van der Waals surface area contributed by atoms with Crippen molar-refractivity contribution in [2.45, 2.75) is 70.3 Å². The fourth-order valence-electron chi connectivity index (χ4n) is 6.73. The van der Waals surface area contributed by atoms with Gasteiger partial charge in [-0.25, -0.2) is 4.79 Å². The molecule has 0 bridgehead atoms. The monoisotopic (exact) mass is 865 g/mol. The van der Waals surface area contributed by atoms with Crippen LogP contribution >= 0.6 is 0 Å². The molecule has 19 heteroatoms. The Morgan fingerprint density at radius 1 is 0.774 bits per heavy atom. The molecule has 1 aliphatic carbocycles. The van der Waals surface area contributed by atoms with Gasteiger partial charge in [0.05, 0.1) is 13.1 Å². The fraction of sp³-hybridized carbons (Fsp3) is 0.395. The van der Waals surface area contributed by atoms with E-state index in [0.717, 1.165) is 5.56 Å². The van der Waals surface area contributed by atoms with E-state index in [4.69, 9.17) is 5.73 Å². The Labute approximate surface area is 355 Å². The van der Waals surface area contributed by atoms with Gasteiger partial charge in [-0.15, -0.1) is 0 Å². The van der Waals surface area contributed by atoms with Crippen molar-refractivity contribution in [2.24, 2.45) is 11.7 Å². The Bertz CT molecular complexity index is 1990. The van der Waals surface area contributed by atoms with Gasteiger partial charge in [-0.1, -0.05) is 92.7 Å². The molecule has 62 heavy (non-hydrogen) atoms. The molecule has 1 saturated heterocycles.